The normalized spacial score (nSPS) is 12.7. The Hall–Kier alpha value is -0.660. The van der Waals surface area contributed by atoms with Crippen LogP contribution in [0.25, 0.3) is 0 Å². The van der Waals surface area contributed by atoms with Gasteiger partial charge in [-0.1, -0.05) is 23.2 Å². The number of halogens is 3. The topological polar surface area (TPSA) is 68.8 Å². The van der Waals surface area contributed by atoms with Crippen molar-refractivity contribution in [3.05, 3.63) is 44.4 Å². The van der Waals surface area contributed by atoms with Gasteiger partial charge in [-0.25, -0.2) is 5.43 Å². The van der Waals surface area contributed by atoms with Gasteiger partial charge in [-0.05, 0) is 28.9 Å². The van der Waals surface area contributed by atoms with Crippen molar-refractivity contribution in [2.45, 2.75) is 19.5 Å². The third-order valence-electron chi connectivity index (χ3n) is 2.68. The number of aromatic nitrogens is 3. The zero-order valence-corrected chi connectivity index (χ0v) is 13.2. The lowest BCUT2D eigenvalue weighted by Gasteiger charge is -2.18. The van der Waals surface area contributed by atoms with Gasteiger partial charge in [0, 0.05) is 12.7 Å². The van der Waals surface area contributed by atoms with E-state index in [0.29, 0.717) is 22.3 Å². The first kappa shape index (κ1) is 14.7. The molecular formula is C11H12BrCl2N5. The predicted molar refractivity (Wildman–Crippen MR) is 79.0 cm³/mol. The Balaban J connectivity index is 2.52. The molecule has 8 heteroatoms. The van der Waals surface area contributed by atoms with Gasteiger partial charge in [0.25, 0.3) is 0 Å². The van der Waals surface area contributed by atoms with E-state index in [4.69, 9.17) is 29.0 Å². The lowest BCUT2D eigenvalue weighted by atomic mass is 10.1. The number of hydrogen-bond donors (Lipinski definition) is 2. The van der Waals surface area contributed by atoms with Gasteiger partial charge in [-0.2, -0.15) is 5.10 Å². The predicted octanol–water partition coefficient (Wildman–Crippen LogP) is 2.92. The maximum absolute atomic E-state index is 6.18. The van der Waals surface area contributed by atoms with Gasteiger partial charge in [-0.15, -0.1) is 0 Å². The number of nitrogens with one attached hydrogen (secondary N) is 1. The molecule has 0 aliphatic carbocycles. The highest BCUT2D eigenvalue weighted by Gasteiger charge is 2.23. The molecule has 0 aromatic carbocycles. The standard InChI is InChI=1S/C11H12BrCl2N5/c1-2-19-11(7(12)5-17-19)10(18-15)9-8(14)3-6(13)4-16-9/h3-5,10,18H,2,15H2,1H3. The summed E-state index contributed by atoms with van der Waals surface area (Å²) in [5, 5.41) is 5.18. The Kier molecular flexibility index (Phi) is 4.81. The van der Waals surface area contributed by atoms with Crippen LogP contribution in [0.4, 0.5) is 0 Å². The molecule has 0 bridgehead atoms. The molecule has 0 saturated carbocycles. The fraction of sp³-hybridized carbons (Fsp3) is 0.273. The van der Waals surface area contributed by atoms with Crippen molar-refractivity contribution in [2.75, 3.05) is 0 Å². The molecule has 2 aromatic rings. The average Bonchev–Trinajstić information content (AvgIpc) is 2.74. The molecule has 5 nitrogen and oxygen atoms in total. The van der Waals surface area contributed by atoms with E-state index in [1.807, 2.05) is 11.6 Å². The second kappa shape index (κ2) is 6.19. The number of nitrogens with zero attached hydrogens (tertiary/aromatic N) is 3. The average molecular weight is 365 g/mol. The van der Waals surface area contributed by atoms with Crippen LogP contribution in [0.3, 0.4) is 0 Å². The van der Waals surface area contributed by atoms with Gasteiger partial charge in [0.05, 0.1) is 32.1 Å². The molecule has 1 atom stereocenters. The highest BCUT2D eigenvalue weighted by atomic mass is 79.9. The molecule has 0 spiro atoms. The SMILES string of the molecule is CCn1ncc(Br)c1C(NN)c1ncc(Cl)cc1Cl. The molecule has 3 N–H and O–H groups in total. The summed E-state index contributed by atoms with van der Waals surface area (Å²) in [5.74, 6) is 5.65. The Morgan fingerprint density at radius 3 is 2.79 bits per heavy atom. The maximum atomic E-state index is 6.18. The van der Waals surface area contributed by atoms with Gasteiger partial charge < -0.3 is 0 Å². The minimum absolute atomic E-state index is 0.374. The van der Waals surface area contributed by atoms with Crippen molar-refractivity contribution in [3.8, 4) is 0 Å². The monoisotopic (exact) mass is 363 g/mol. The number of rotatable bonds is 4. The summed E-state index contributed by atoms with van der Waals surface area (Å²) in [4.78, 5) is 4.25. The van der Waals surface area contributed by atoms with E-state index in [2.05, 4.69) is 31.4 Å². The van der Waals surface area contributed by atoms with Crippen molar-refractivity contribution in [1.29, 1.82) is 0 Å². The molecule has 2 rings (SSSR count). The minimum atomic E-state index is -0.374. The van der Waals surface area contributed by atoms with E-state index in [-0.39, 0.29) is 6.04 Å². The van der Waals surface area contributed by atoms with Crippen LogP contribution in [-0.4, -0.2) is 14.8 Å². The van der Waals surface area contributed by atoms with Crippen LogP contribution in [0.2, 0.25) is 10.0 Å². The quantitative estimate of drug-likeness (QED) is 0.646. The number of aryl methyl sites for hydroxylation is 1. The largest absolute Gasteiger partial charge is 0.270 e. The fourth-order valence-corrected chi connectivity index (χ4v) is 2.85. The molecule has 0 fully saturated rings. The molecule has 0 aliphatic heterocycles. The molecule has 19 heavy (non-hydrogen) atoms. The Morgan fingerprint density at radius 2 is 2.21 bits per heavy atom. The summed E-state index contributed by atoms with van der Waals surface area (Å²) in [6.07, 6.45) is 3.25. The highest BCUT2D eigenvalue weighted by Crippen LogP contribution is 2.31. The fourth-order valence-electron chi connectivity index (χ4n) is 1.84. The van der Waals surface area contributed by atoms with Gasteiger partial charge in [0.15, 0.2) is 0 Å². The highest BCUT2D eigenvalue weighted by molar-refractivity contribution is 9.10. The zero-order valence-electron chi connectivity index (χ0n) is 10.1. The Bertz CT molecular complexity index is 586. The first-order valence-corrected chi connectivity index (χ1v) is 7.11. The van der Waals surface area contributed by atoms with Crippen molar-refractivity contribution in [1.82, 2.24) is 20.2 Å². The molecular weight excluding hydrogens is 353 g/mol. The third-order valence-corrected chi connectivity index (χ3v) is 3.80. The van der Waals surface area contributed by atoms with Crippen LogP contribution in [0.5, 0.6) is 0 Å². The summed E-state index contributed by atoms with van der Waals surface area (Å²) in [5.41, 5.74) is 4.18. The molecule has 102 valence electrons. The van der Waals surface area contributed by atoms with Crippen LogP contribution in [-0.2, 0) is 6.54 Å². The van der Waals surface area contributed by atoms with Crippen LogP contribution in [0.15, 0.2) is 22.9 Å². The van der Waals surface area contributed by atoms with E-state index in [1.165, 1.54) is 6.20 Å². The third kappa shape index (κ3) is 2.93. The summed E-state index contributed by atoms with van der Waals surface area (Å²) >= 11 is 15.5. The van der Waals surface area contributed by atoms with Crippen molar-refractivity contribution >= 4 is 39.1 Å². The minimum Gasteiger partial charge on any atom is -0.270 e. The molecule has 2 heterocycles. The van der Waals surface area contributed by atoms with Crippen LogP contribution in [0.1, 0.15) is 24.4 Å². The number of pyridine rings is 1. The van der Waals surface area contributed by atoms with Crippen molar-refractivity contribution in [3.63, 3.8) is 0 Å². The van der Waals surface area contributed by atoms with E-state index in [1.54, 1.807) is 12.3 Å². The molecule has 0 aliphatic rings. The first-order valence-electron chi connectivity index (χ1n) is 5.56. The van der Waals surface area contributed by atoms with Crippen LogP contribution in [0, 0.1) is 0 Å². The molecule has 2 aromatic heterocycles. The van der Waals surface area contributed by atoms with Gasteiger partial charge >= 0.3 is 0 Å². The summed E-state index contributed by atoms with van der Waals surface area (Å²) in [7, 11) is 0. The second-order valence-electron chi connectivity index (χ2n) is 3.81. The van der Waals surface area contributed by atoms with Crippen molar-refractivity contribution < 1.29 is 0 Å². The molecule has 0 saturated heterocycles. The lowest BCUT2D eigenvalue weighted by Crippen LogP contribution is -2.31. The van der Waals surface area contributed by atoms with Crippen LogP contribution < -0.4 is 11.3 Å². The van der Waals surface area contributed by atoms with Crippen LogP contribution >= 0.6 is 39.1 Å². The van der Waals surface area contributed by atoms with Gasteiger partial charge in [0.1, 0.15) is 6.04 Å². The van der Waals surface area contributed by atoms with Gasteiger partial charge in [-0.3, -0.25) is 15.5 Å². The smallest absolute Gasteiger partial charge is 0.107 e. The number of nitrogens with two attached hydrogens (primary N) is 1. The zero-order chi connectivity index (χ0) is 14.0. The number of hydrazine groups is 1. The lowest BCUT2D eigenvalue weighted by molar-refractivity contribution is 0.534. The first-order chi connectivity index (χ1) is 9.08. The Labute approximate surface area is 129 Å². The maximum Gasteiger partial charge on any atom is 0.107 e. The molecule has 1 unspecified atom stereocenters. The van der Waals surface area contributed by atoms with Gasteiger partial charge in [0.2, 0.25) is 0 Å². The number of hydrogen-bond acceptors (Lipinski definition) is 4. The van der Waals surface area contributed by atoms with E-state index in [0.717, 1.165) is 10.2 Å². The Morgan fingerprint density at radius 1 is 1.47 bits per heavy atom. The van der Waals surface area contributed by atoms with E-state index in [9.17, 15) is 0 Å². The van der Waals surface area contributed by atoms with Crippen molar-refractivity contribution in [2.24, 2.45) is 5.84 Å². The molecule has 0 amide bonds. The van der Waals surface area contributed by atoms with E-state index >= 15 is 0 Å². The summed E-state index contributed by atoms with van der Waals surface area (Å²) in [6, 6.07) is 1.26. The summed E-state index contributed by atoms with van der Waals surface area (Å²) < 4.78 is 2.66. The molecule has 0 radical (unpaired) electrons. The second-order valence-corrected chi connectivity index (χ2v) is 5.51. The van der Waals surface area contributed by atoms with E-state index < -0.39 is 0 Å². The summed E-state index contributed by atoms with van der Waals surface area (Å²) in [6.45, 7) is 2.71.